The Bertz CT molecular complexity index is 562. The van der Waals surface area contributed by atoms with Crippen LogP contribution in [0.1, 0.15) is 12.7 Å². The smallest absolute Gasteiger partial charge is 0.486 e. The first-order valence-corrected chi connectivity index (χ1v) is 5.77. The lowest BCUT2D eigenvalue weighted by Crippen LogP contribution is -2.32. The van der Waals surface area contributed by atoms with E-state index in [9.17, 15) is 4.39 Å². The first-order valence-electron chi connectivity index (χ1n) is 5.77. The molecule has 0 amide bonds. The predicted molar refractivity (Wildman–Crippen MR) is 66.3 cm³/mol. The molecular weight excluding hydrogens is 252 g/mol. The van der Waals surface area contributed by atoms with E-state index < -0.39 is 12.9 Å². The zero-order valence-corrected chi connectivity index (χ0v) is 10.3. The Labute approximate surface area is 109 Å². The minimum absolute atomic E-state index is 0.161. The topological polar surface area (TPSA) is 80.4 Å². The third-order valence-electron chi connectivity index (χ3n) is 2.61. The summed E-state index contributed by atoms with van der Waals surface area (Å²) in [5, 5.41) is 21.8. The fourth-order valence-electron chi connectivity index (χ4n) is 1.62. The van der Waals surface area contributed by atoms with E-state index in [4.69, 9.17) is 14.8 Å². The van der Waals surface area contributed by atoms with Gasteiger partial charge in [-0.15, -0.1) is 0 Å². The Morgan fingerprint density at radius 3 is 2.84 bits per heavy atom. The molecule has 1 heterocycles. The third kappa shape index (κ3) is 3.10. The molecule has 0 spiro atoms. The molecule has 0 aliphatic carbocycles. The minimum atomic E-state index is -1.84. The van der Waals surface area contributed by atoms with Gasteiger partial charge in [0.25, 0.3) is 0 Å². The van der Waals surface area contributed by atoms with E-state index in [-0.39, 0.29) is 17.8 Å². The van der Waals surface area contributed by atoms with E-state index in [1.807, 2.05) is 6.92 Å². The number of halogens is 1. The van der Waals surface area contributed by atoms with Gasteiger partial charge in [-0.1, -0.05) is 6.07 Å². The van der Waals surface area contributed by atoms with Gasteiger partial charge in [-0.25, -0.2) is 14.1 Å². The standard InChI is InChI=1S/C11H13BFN3O3/c1-2-16-11(14-7-15-16)6-19-8-3-4-9(12(17)18)10(13)5-8/h3-5,7,17-18H,2,6H2,1H3. The molecule has 2 rings (SSSR count). The highest BCUT2D eigenvalue weighted by Gasteiger charge is 2.16. The molecule has 6 nitrogen and oxygen atoms in total. The molecule has 100 valence electrons. The fourth-order valence-corrected chi connectivity index (χ4v) is 1.62. The van der Waals surface area contributed by atoms with Crippen molar-refractivity contribution >= 4 is 12.6 Å². The van der Waals surface area contributed by atoms with Crippen molar-refractivity contribution in [3.05, 3.63) is 36.2 Å². The molecule has 0 fully saturated rings. The lowest BCUT2D eigenvalue weighted by atomic mass is 9.80. The second kappa shape index (κ2) is 5.81. The second-order valence-electron chi connectivity index (χ2n) is 3.84. The average Bonchev–Trinajstić information content (AvgIpc) is 2.83. The zero-order chi connectivity index (χ0) is 13.8. The SMILES string of the molecule is CCn1ncnc1COc1ccc(B(O)O)c(F)c1. The summed E-state index contributed by atoms with van der Waals surface area (Å²) in [4.78, 5) is 4.02. The Morgan fingerprint density at radius 1 is 1.42 bits per heavy atom. The molecule has 2 aromatic rings. The van der Waals surface area contributed by atoms with Gasteiger partial charge in [-0.2, -0.15) is 5.10 Å². The van der Waals surface area contributed by atoms with Gasteiger partial charge in [0.05, 0.1) is 0 Å². The van der Waals surface area contributed by atoms with Crippen LogP contribution in [0.25, 0.3) is 0 Å². The Morgan fingerprint density at radius 2 is 2.21 bits per heavy atom. The summed E-state index contributed by atoms with van der Waals surface area (Å²) < 4.78 is 20.5. The first kappa shape index (κ1) is 13.5. The normalized spacial score (nSPS) is 10.5. The highest BCUT2D eigenvalue weighted by atomic mass is 19.1. The number of aryl methyl sites for hydroxylation is 1. The molecule has 2 N–H and O–H groups in total. The minimum Gasteiger partial charge on any atom is -0.486 e. The van der Waals surface area contributed by atoms with Crippen LogP contribution in [-0.4, -0.2) is 31.9 Å². The monoisotopic (exact) mass is 265 g/mol. The predicted octanol–water partition coefficient (Wildman–Crippen LogP) is -0.304. The van der Waals surface area contributed by atoms with Crippen LogP contribution in [0.15, 0.2) is 24.5 Å². The third-order valence-corrected chi connectivity index (χ3v) is 2.61. The highest BCUT2D eigenvalue weighted by Crippen LogP contribution is 2.12. The highest BCUT2D eigenvalue weighted by molar-refractivity contribution is 6.58. The van der Waals surface area contributed by atoms with Crippen molar-refractivity contribution < 1.29 is 19.2 Å². The van der Waals surface area contributed by atoms with E-state index in [1.54, 1.807) is 4.68 Å². The summed E-state index contributed by atoms with van der Waals surface area (Å²) in [6.45, 7) is 2.76. The number of ether oxygens (including phenoxy) is 1. The summed E-state index contributed by atoms with van der Waals surface area (Å²) in [5.74, 6) is 0.186. The van der Waals surface area contributed by atoms with Gasteiger partial charge in [0.2, 0.25) is 0 Å². The molecule has 1 aromatic heterocycles. The first-order chi connectivity index (χ1) is 9.11. The van der Waals surface area contributed by atoms with Crippen molar-refractivity contribution in [1.82, 2.24) is 14.8 Å². The Hall–Kier alpha value is -1.93. The van der Waals surface area contributed by atoms with Gasteiger partial charge in [0, 0.05) is 18.1 Å². The van der Waals surface area contributed by atoms with Crippen LogP contribution in [0, 0.1) is 5.82 Å². The number of hydrogen-bond donors (Lipinski definition) is 2. The summed E-state index contributed by atoms with van der Waals surface area (Å²) in [6, 6.07) is 3.83. The summed E-state index contributed by atoms with van der Waals surface area (Å²) in [6.07, 6.45) is 1.42. The van der Waals surface area contributed by atoms with E-state index >= 15 is 0 Å². The van der Waals surface area contributed by atoms with Crippen LogP contribution in [-0.2, 0) is 13.2 Å². The molecule has 0 saturated heterocycles. The van der Waals surface area contributed by atoms with Gasteiger partial charge in [-0.3, -0.25) is 0 Å². The molecular formula is C11H13BFN3O3. The lowest BCUT2D eigenvalue weighted by molar-refractivity contribution is 0.286. The number of hydrogen-bond acceptors (Lipinski definition) is 5. The maximum Gasteiger partial charge on any atom is 0.491 e. The van der Waals surface area contributed by atoms with E-state index in [2.05, 4.69) is 10.1 Å². The molecule has 0 aliphatic rings. The molecule has 0 unspecified atom stereocenters. The number of nitrogens with zero attached hydrogens (tertiary/aromatic N) is 3. The van der Waals surface area contributed by atoms with E-state index in [0.29, 0.717) is 12.4 Å². The molecule has 0 aliphatic heterocycles. The largest absolute Gasteiger partial charge is 0.491 e. The van der Waals surface area contributed by atoms with Crippen LogP contribution in [0.4, 0.5) is 4.39 Å². The molecule has 19 heavy (non-hydrogen) atoms. The van der Waals surface area contributed by atoms with Crippen LogP contribution in [0.5, 0.6) is 5.75 Å². The molecule has 0 saturated carbocycles. The fraction of sp³-hybridized carbons (Fsp3) is 0.273. The molecule has 8 heteroatoms. The van der Waals surface area contributed by atoms with Crippen molar-refractivity contribution in [2.24, 2.45) is 0 Å². The quantitative estimate of drug-likeness (QED) is 0.725. The Kier molecular flexibility index (Phi) is 4.13. The molecule has 0 bridgehead atoms. The maximum absolute atomic E-state index is 13.5. The van der Waals surface area contributed by atoms with Gasteiger partial charge in [0.1, 0.15) is 24.5 Å². The van der Waals surface area contributed by atoms with Crippen LogP contribution in [0.2, 0.25) is 0 Å². The number of aromatic nitrogens is 3. The second-order valence-corrected chi connectivity index (χ2v) is 3.84. The lowest BCUT2D eigenvalue weighted by Gasteiger charge is -2.08. The average molecular weight is 265 g/mol. The van der Waals surface area contributed by atoms with Gasteiger partial charge in [0.15, 0.2) is 5.82 Å². The molecule has 1 aromatic carbocycles. The maximum atomic E-state index is 13.5. The van der Waals surface area contributed by atoms with Crippen molar-refractivity contribution in [3.8, 4) is 5.75 Å². The van der Waals surface area contributed by atoms with Crippen molar-refractivity contribution in [1.29, 1.82) is 0 Å². The van der Waals surface area contributed by atoms with E-state index in [1.165, 1.54) is 18.5 Å². The summed E-state index contributed by atoms with van der Waals surface area (Å²) >= 11 is 0. The molecule has 0 radical (unpaired) electrons. The van der Waals surface area contributed by atoms with Gasteiger partial charge in [-0.05, 0) is 13.0 Å². The number of rotatable bonds is 5. The van der Waals surface area contributed by atoms with Crippen molar-refractivity contribution in [2.45, 2.75) is 20.1 Å². The van der Waals surface area contributed by atoms with Gasteiger partial charge >= 0.3 is 7.12 Å². The Balaban J connectivity index is 2.06. The van der Waals surface area contributed by atoms with Crippen molar-refractivity contribution in [3.63, 3.8) is 0 Å². The van der Waals surface area contributed by atoms with Crippen molar-refractivity contribution in [2.75, 3.05) is 0 Å². The summed E-state index contributed by atoms with van der Waals surface area (Å²) in [5.41, 5.74) is -0.191. The van der Waals surface area contributed by atoms with Crippen LogP contribution in [0.3, 0.4) is 0 Å². The van der Waals surface area contributed by atoms with Gasteiger partial charge < -0.3 is 14.8 Å². The zero-order valence-electron chi connectivity index (χ0n) is 10.3. The molecule has 0 atom stereocenters. The van der Waals surface area contributed by atoms with E-state index in [0.717, 1.165) is 6.07 Å². The van der Waals surface area contributed by atoms with Crippen LogP contribution < -0.4 is 10.2 Å². The number of benzene rings is 1. The summed E-state index contributed by atoms with van der Waals surface area (Å²) in [7, 11) is -1.84. The van der Waals surface area contributed by atoms with Crippen LogP contribution >= 0.6 is 0 Å².